The second kappa shape index (κ2) is 16.7. The molecule has 15 heteroatoms. The smallest absolute Gasteiger partial charge is 0.416 e. The van der Waals surface area contributed by atoms with Gasteiger partial charge in [0, 0.05) is 74.4 Å². The fourth-order valence-electron chi connectivity index (χ4n) is 9.42. The SMILES string of the molecule is Cc1nnc(N[C@H](C)c2cc(N)cc(C(F)(F)F)c2)c2cc(N3CCN(C(=O)C4CCN(CC5CCC6(CC5)CCN(C(=O)OC(C)(C)C)CC6)CC4)CC3)ncc12. The van der Waals surface area contributed by atoms with E-state index in [1.807, 2.05) is 43.6 Å². The molecule has 58 heavy (non-hydrogen) atoms. The lowest BCUT2D eigenvalue weighted by Gasteiger charge is -2.46. The van der Waals surface area contributed by atoms with E-state index in [1.54, 1.807) is 13.1 Å². The van der Waals surface area contributed by atoms with Gasteiger partial charge in [-0.25, -0.2) is 9.78 Å². The normalized spacial score (nSPS) is 20.7. The summed E-state index contributed by atoms with van der Waals surface area (Å²) >= 11 is 0. The largest absolute Gasteiger partial charge is 0.444 e. The van der Waals surface area contributed by atoms with E-state index in [0.717, 1.165) is 87.1 Å². The number of carbonyl (C=O) groups excluding carboxylic acids is 2. The van der Waals surface area contributed by atoms with Crippen LogP contribution in [-0.4, -0.2) is 106 Å². The number of fused-ring (bicyclic) bond motifs is 1. The summed E-state index contributed by atoms with van der Waals surface area (Å²) in [6.07, 6.45) is 5.93. The zero-order valence-electron chi connectivity index (χ0n) is 34.7. The number of nitrogens with one attached hydrogen (secondary N) is 1. The zero-order valence-corrected chi connectivity index (χ0v) is 34.7. The molecule has 1 aliphatic carbocycles. The molecule has 1 saturated carbocycles. The highest BCUT2D eigenvalue weighted by Gasteiger charge is 2.41. The van der Waals surface area contributed by atoms with Gasteiger partial charge in [-0.2, -0.15) is 18.3 Å². The van der Waals surface area contributed by atoms with Crippen molar-refractivity contribution in [3.8, 4) is 0 Å². The maximum Gasteiger partial charge on any atom is 0.416 e. The molecular weight excluding hydrogens is 748 g/mol. The Hall–Kier alpha value is -4.40. The average Bonchev–Trinajstić information content (AvgIpc) is 3.19. The number of alkyl halides is 3. The third kappa shape index (κ3) is 9.72. The van der Waals surface area contributed by atoms with Crippen molar-refractivity contribution in [3.63, 3.8) is 0 Å². The number of nitrogens with two attached hydrogens (primary N) is 1. The Morgan fingerprint density at radius 1 is 0.879 bits per heavy atom. The highest BCUT2D eigenvalue weighted by atomic mass is 19.4. The average molecular weight is 808 g/mol. The number of likely N-dealkylation sites (tertiary alicyclic amines) is 2. The fourth-order valence-corrected chi connectivity index (χ4v) is 9.42. The molecule has 0 bridgehead atoms. The highest BCUT2D eigenvalue weighted by molar-refractivity contribution is 5.94. The number of halogens is 3. The number of ether oxygens (including phenoxy) is 1. The van der Waals surface area contributed by atoms with Gasteiger partial charge in [0.2, 0.25) is 5.91 Å². The fraction of sp³-hybridized carbons (Fsp3) is 0.651. The van der Waals surface area contributed by atoms with Crippen molar-refractivity contribution in [2.45, 2.75) is 104 Å². The number of aryl methyl sites for hydroxylation is 1. The number of hydrogen-bond acceptors (Lipinski definition) is 10. The van der Waals surface area contributed by atoms with Crippen LogP contribution >= 0.6 is 0 Å². The molecule has 2 aromatic heterocycles. The van der Waals surface area contributed by atoms with Crippen LogP contribution in [0.15, 0.2) is 30.5 Å². The molecule has 3 N–H and O–H groups in total. The molecule has 4 aliphatic rings. The van der Waals surface area contributed by atoms with Crippen LogP contribution in [0.3, 0.4) is 0 Å². The van der Waals surface area contributed by atoms with E-state index < -0.39 is 23.4 Å². The lowest BCUT2D eigenvalue weighted by molar-refractivity contribution is -0.138. The van der Waals surface area contributed by atoms with E-state index in [2.05, 4.69) is 25.3 Å². The second-order valence-corrected chi connectivity index (χ2v) is 18.3. The van der Waals surface area contributed by atoms with Crippen LogP contribution in [0.25, 0.3) is 10.8 Å². The molecule has 0 unspecified atom stereocenters. The molecule has 7 rings (SSSR count). The molecule has 1 spiro atoms. The molecule has 4 fully saturated rings. The Morgan fingerprint density at radius 3 is 2.19 bits per heavy atom. The highest BCUT2D eigenvalue weighted by Crippen LogP contribution is 2.47. The molecule has 5 heterocycles. The van der Waals surface area contributed by atoms with Gasteiger partial charge >= 0.3 is 12.3 Å². The van der Waals surface area contributed by atoms with Crippen LogP contribution in [0.2, 0.25) is 0 Å². The van der Waals surface area contributed by atoms with E-state index in [-0.39, 0.29) is 23.6 Å². The standard InChI is InChI=1S/C43H60F3N9O3/c1-28(32-22-33(43(44,45)46)24-34(47)23-32)49-38-35-25-37(48-26-36(35)29(2)50-51-38)53-18-20-54(21-19-53)39(56)31-8-14-52(15-9-31)27-30-6-10-42(11-7-30)12-16-55(17-13-42)40(57)58-41(3,4)5/h22-26,28,30-31H,6-21,27,47H2,1-5H3,(H,49,51)/t28-/m1/s1. The van der Waals surface area contributed by atoms with Crippen molar-refractivity contribution >= 4 is 40.1 Å². The summed E-state index contributed by atoms with van der Waals surface area (Å²) in [6, 6.07) is 4.97. The molecule has 3 aromatic rings. The van der Waals surface area contributed by atoms with E-state index in [1.165, 1.54) is 31.7 Å². The van der Waals surface area contributed by atoms with Gasteiger partial charge in [0.25, 0.3) is 0 Å². The Morgan fingerprint density at radius 2 is 1.55 bits per heavy atom. The predicted molar refractivity (Wildman–Crippen MR) is 219 cm³/mol. The number of piperidine rings is 2. The number of nitrogens with zero attached hydrogens (tertiary/aromatic N) is 7. The van der Waals surface area contributed by atoms with Crippen LogP contribution in [0.4, 0.5) is 35.3 Å². The van der Waals surface area contributed by atoms with Gasteiger partial charge in [-0.1, -0.05) is 0 Å². The molecule has 12 nitrogen and oxygen atoms in total. The van der Waals surface area contributed by atoms with Crippen molar-refractivity contribution in [2.24, 2.45) is 17.3 Å². The van der Waals surface area contributed by atoms with E-state index in [4.69, 9.17) is 15.5 Å². The summed E-state index contributed by atoms with van der Waals surface area (Å²) in [5.74, 6) is 2.19. The predicted octanol–water partition coefficient (Wildman–Crippen LogP) is 7.68. The summed E-state index contributed by atoms with van der Waals surface area (Å²) in [4.78, 5) is 39.7. The third-order valence-electron chi connectivity index (χ3n) is 13.0. The first-order valence-corrected chi connectivity index (χ1v) is 21.1. The minimum Gasteiger partial charge on any atom is -0.444 e. The number of rotatable bonds is 7. The first-order chi connectivity index (χ1) is 27.4. The summed E-state index contributed by atoms with van der Waals surface area (Å²) in [7, 11) is 0. The second-order valence-electron chi connectivity index (χ2n) is 18.3. The summed E-state index contributed by atoms with van der Waals surface area (Å²) in [6.45, 7) is 16.5. The van der Waals surface area contributed by atoms with Gasteiger partial charge in [-0.05, 0) is 140 Å². The third-order valence-corrected chi connectivity index (χ3v) is 13.0. The number of hydrogen-bond donors (Lipinski definition) is 2. The van der Waals surface area contributed by atoms with E-state index >= 15 is 0 Å². The van der Waals surface area contributed by atoms with Gasteiger partial charge in [-0.15, -0.1) is 5.10 Å². The number of amides is 2. The molecule has 1 atom stereocenters. The van der Waals surface area contributed by atoms with Gasteiger partial charge in [0.1, 0.15) is 11.4 Å². The van der Waals surface area contributed by atoms with Gasteiger partial charge in [0.05, 0.1) is 17.3 Å². The van der Waals surface area contributed by atoms with Crippen LogP contribution in [0.1, 0.15) is 102 Å². The van der Waals surface area contributed by atoms with E-state index in [9.17, 15) is 22.8 Å². The van der Waals surface area contributed by atoms with Crippen LogP contribution in [-0.2, 0) is 15.7 Å². The molecule has 3 saturated heterocycles. The number of nitrogen functional groups attached to an aromatic ring is 1. The van der Waals surface area contributed by atoms with Crippen molar-refractivity contribution in [1.82, 2.24) is 29.9 Å². The van der Waals surface area contributed by atoms with Crippen LogP contribution < -0.4 is 16.0 Å². The minimum absolute atomic E-state index is 0.0354. The number of piperazine rings is 1. The van der Waals surface area contributed by atoms with Crippen LogP contribution in [0.5, 0.6) is 0 Å². The molecule has 316 valence electrons. The number of carbonyl (C=O) groups is 2. The Kier molecular flexibility index (Phi) is 12.0. The molecule has 3 aliphatic heterocycles. The van der Waals surface area contributed by atoms with Gasteiger partial charge in [0.15, 0.2) is 5.82 Å². The molecule has 2 amide bonds. The first-order valence-electron chi connectivity index (χ1n) is 21.1. The topological polar surface area (TPSA) is 133 Å². The summed E-state index contributed by atoms with van der Waals surface area (Å²) in [5.41, 5.74) is 6.05. The van der Waals surface area contributed by atoms with Gasteiger partial charge < -0.3 is 35.4 Å². The van der Waals surface area contributed by atoms with E-state index in [0.29, 0.717) is 54.6 Å². The molecule has 0 radical (unpaired) electrons. The van der Waals surface area contributed by atoms with Crippen molar-refractivity contribution in [2.75, 3.05) is 74.9 Å². The lowest BCUT2D eigenvalue weighted by atomic mass is 9.65. The summed E-state index contributed by atoms with van der Waals surface area (Å²) in [5, 5.41) is 13.5. The minimum atomic E-state index is -4.51. The quantitative estimate of drug-likeness (QED) is 0.229. The first kappa shape index (κ1) is 41.7. The number of aromatic nitrogens is 3. The maximum absolute atomic E-state index is 13.7. The van der Waals surface area contributed by atoms with Crippen LogP contribution in [0, 0.1) is 24.2 Å². The maximum atomic E-state index is 13.7. The van der Waals surface area contributed by atoms with Crippen molar-refractivity contribution in [3.05, 3.63) is 47.3 Å². The molecule has 1 aromatic carbocycles. The van der Waals surface area contributed by atoms with Crippen molar-refractivity contribution in [1.29, 1.82) is 0 Å². The van der Waals surface area contributed by atoms with Crippen molar-refractivity contribution < 1.29 is 27.5 Å². The number of pyridine rings is 1. The summed E-state index contributed by atoms with van der Waals surface area (Å²) < 4.78 is 46.1. The number of anilines is 3. The Balaban J connectivity index is 0.873. The molecular formula is C43H60F3N9O3. The van der Waals surface area contributed by atoms with Gasteiger partial charge in [-0.3, -0.25) is 4.79 Å². The lowest BCUT2D eigenvalue weighted by Crippen LogP contribution is -2.52. The Labute approximate surface area is 340 Å². The number of benzene rings is 1. The Bertz CT molecular complexity index is 1940. The zero-order chi connectivity index (χ0) is 41.4. The monoisotopic (exact) mass is 807 g/mol.